The second-order valence-electron chi connectivity index (χ2n) is 7.27. The van der Waals surface area contributed by atoms with Gasteiger partial charge in [0.2, 0.25) is 0 Å². The van der Waals surface area contributed by atoms with Crippen molar-refractivity contribution in [1.29, 1.82) is 0 Å². The van der Waals surface area contributed by atoms with Crippen LogP contribution in [0.3, 0.4) is 0 Å². The Labute approximate surface area is 190 Å². The van der Waals surface area contributed by atoms with Gasteiger partial charge < -0.3 is 9.47 Å². The van der Waals surface area contributed by atoms with Crippen molar-refractivity contribution in [2.45, 2.75) is 19.6 Å². The van der Waals surface area contributed by atoms with E-state index in [1.165, 1.54) is 0 Å². The number of aryl methyl sites for hydroxylation is 1. The summed E-state index contributed by atoms with van der Waals surface area (Å²) in [6.07, 6.45) is 7.39. The Bertz CT molecular complexity index is 1130. The molecular formula is C25H24F2N4O2. The fraction of sp³-hybridized carbons (Fsp3) is 0.240. The molecule has 3 heterocycles. The first kappa shape index (κ1) is 22.4. The number of aromatic nitrogens is 4. The van der Waals surface area contributed by atoms with Crippen molar-refractivity contribution in [3.05, 3.63) is 79.0 Å². The highest BCUT2D eigenvalue weighted by Crippen LogP contribution is 2.32. The van der Waals surface area contributed by atoms with E-state index >= 15 is 0 Å². The van der Waals surface area contributed by atoms with Gasteiger partial charge in [0.25, 0.3) is 0 Å². The fourth-order valence-electron chi connectivity index (χ4n) is 3.32. The SMILES string of the molecule is FCCCn1cc(-c2ccncc2)c(-c2ccc(OCc3ccc(OCCF)cn3)cc2)n1. The highest BCUT2D eigenvalue weighted by molar-refractivity contribution is 5.80. The molecule has 0 fully saturated rings. The summed E-state index contributed by atoms with van der Waals surface area (Å²) < 4.78 is 37.6. The summed E-state index contributed by atoms with van der Waals surface area (Å²) in [6, 6.07) is 15.0. The van der Waals surface area contributed by atoms with E-state index in [9.17, 15) is 8.78 Å². The van der Waals surface area contributed by atoms with Crippen LogP contribution in [0.15, 0.2) is 73.3 Å². The number of hydrogen-bond donors (Lipinski definition) is 0. The van der Waals surface area contributed by atoms with E-state index in [4.69, 9.17) is 14.6 Å². The molecule has 33 heavy (non-hydrogen) atoms. The first-order valence-electron chi connectivity index (χ1n) is 10.7. The largest absolute Gasteiger partial charge is 0.489 e. The van der Waals surface area contributed by atoms with Gasteiger partial charge in [-0.1, -0.05) is 0 Å². The number of rotatable bonds is 11. The van der Waals surface area contributed by atoms with E-state index in [1.54, 1.807) is 35.4 Å². The van der Waals surface area contributed by atoms with E-state index < -0.39 is 6.67 Å². The van der Waals surface area contributed by atoms with Gasteiger partial charge >= 0.3 is 0 Å². The molecule has 0 aliphatic heterocycles. The van der Waals surface area contributed by atoms with Gasteiger partial charge in [-0.25, -0.2) is 4.39 Å². The van der Waals surface area contributed by atoms with E-state index in [0.29, 0.717) is 31.1 Å². The van der Waals surface area contributed by atoms with Gasteiger partial charge in [-0.15, -0.1) is 0 Å². The van der Waals surface area contributed by atoms with Crippen LogP contribution in [0.5, 0.6) is 11.5 Å². The minimum absolute atomic E-state index is 0.0147. The summed E-state index contributed by atoms with van der Waals surface area (Å²) >= 11 is 0. The molecule has 0 saturated heterocycles. The van der Waals surface area contributed by atoms with Gasteiger partial charge in [-0.2, -0.15) is 5.10 Å². The third-order valence-electron chi connectivity index (χ3n) is 4.93. The molecule has 4 aromatic rings. The van der Waals surface area contributed by atoms with Gasteiger partial charge in [0, 0.05) is 36.3 Å². The maximum Gasteiger partial charge on any atom is 0.137 e. The first-order chi connectivity index (χ1) is 16.3. The molecule has 0 unspecified atom stereocenters. The molecule has 0 N–H and O–H groups in total. The van der Waals surface area contributed by atoms with Crippen molar-refractivity contribution >= 4 is 0 Å². The van der Waals surface area contributed by atoms with Crippen molar-refractivity contribution in [3.8, 4) is 33.9 Å². The molecule has 0 bridgehead atoms. The van der Waals surface area contributed by atoms with Gasteiger partial charge in [0.1, 0.15) is 37.1 Å². The minimum atomic E-state index is -0.539. The zero-order valence-electron chi connectivity index (χ0n) is 18.0. The third-order valence-corrected chi connectivity index (χ3v) is 4.93. The van der Waals surface area contributed by atoms with Crippen molar-refractivity contribution in [1.82, 2.24) is 19.7 Å². The number of halogens is 2. The predicted molar refractivity (Wildman–Crippen MR) is 122 cm³/mol. The van der Waals surface area contributed by atoms with Gasteiger partial charge in [-0.3, -0.25) is 19.0 Å². The number of benzene rings is 1. The molecular weight excluding hydrogens is 426 g/mol. The summed E-state index contributed by atoms with van der Waals surface area (Å²) in [4.78, 5) is 8.35. The zero-order chi connectivity index (χ0) is 22.9. The van der Waals surface area contributed by atoms with Crippen LogP contribution in [0.25, 0.3) is 22.4 Å². The molecule has 170 valence electrons. The number of alkyl halides is 2. The highest BCUT2D eigenvalue weighted by Gasteiger charge is 2.13. The highest BCUT2D eigenvalue weighted by atomic mass is 19.1. The van der Waals surface area contributed by atoms with Gasteiger partial charge in [0.15, 0.2) is 0 Å². The maximum atomic E-state index is 12.7. The standard InChI is InChI=1S/C25H24F2N4O2/c26-10-1-14-31-17-24(19-8-12-28-13-9-19)25(30-31)20-2-5-22(6-3-20)33-18-21-4-7-23(16-29-21)32-15-11-27/h2-9,12-13,16-17H,1,10-11,14-15,18H2. The lowest BCUT2D eigenvalue weighted by molar-refractivity contribution is 0.271. The monoisotopic (exact) mass is 450 g/mol. The van der Waals surface area contributed by atoms with Crippen molar-refractivity contribution in [3.63, 3.8) is 0 Å². The average molecular weight is 450 g/mol. The van der Waals surface area contributed by atoms with Gasteiger partial charge in [-0.05, 0) is 60.5 Å². The minimum Gasteiger partial charge on any atom is -0.489 e. The maximum absolute atomic E-state index is 12.7. The van der Waals surface area contributed by atoms with Crippen molar-refractivity contribution in [2.24, 2.45) is 0 Å². The normalized spacial score (nSPS) is 10.8. The molecule has 0 aliphatic carbocycles. The predicted octanol–water partition coefficient (Wildman–Crippen LogP) is 5.29. The third kappa shape index (κ3) is 5.91. The van der Waals surface area contributed by atoms with E-state index in [2.05, 4.69) is 9.97 Å². The average Bonchev–Trinajstić information content (AvgIpc) is 3.31. The first-order valence-corrected chi connectivity index (χ1v) is 10.7. The van der Waals surface area contributed by atoms with E-state index in [1.807, 2.05) is 42.6 Å². The van der Waals surface area contributed by atoms with Crippen LogP contribution in [0.2, 0.25) is 0 Å². The van der Waals surface area contributed by atoms with Crippen LogP contribution in [0.4, 0.5) is 8.78 Å². The summed E-state index contributed by atoms with van der Waals surface area (Å²) in [5, 5.41) is 4.69. The number of nitrogens with zero attached hydrogens (tertiary/aromatic N) is 4. The van der Waals surface area contributed by atoms with E-state index in [0.717, 1.165) is 28.1 Å². The molecule has 8 heteroatoms. The molecule has 6 nitrogen and oxygen atoms in total. The Kier molecular flexibility index (Phi) is 7.58. The molecule has 1 aromatic carbocycles. The lowest BCUT2D eigenvalue weighted by Crippen LogP contribution is -2.01. The lowest BCUT2D eigenvalue weighted by atomic mass is 10.0. The van der Waals surface area contributed by atoms with Crippen LogP contribution in [0.1, 0.15) is 12.1 Å². The quantitative estimate of drug-likeness (QED) is 0.311. The topological polar surface area (TPSA) is 62.1 Å². The van der Waals surface area contributed by atoms with Crippen LogP contribution in [-0.4, -0.2) is 39.7 Å². The molecule has 0 saturated carbocycles. The van der Waals surface area contributed by atoms with Crippen molar-refractivity contribution in [2.75, 3.05) is 20.0 Å². The molecule has 0 aliphatic rings. The van der Waals surface area contributed by atoms with Crippen LogP contribution in [0, 0.1) is 0 Å². The lowest BCUT2D eigenvalue weighted by Gasteiger charge is -2.08. The summed E-state index contributed by atoms with van der Waals surface area (Å²) in [6.45, 7) is -0.0963. The second kappa shape index (κ2) is 11.2. The molecule has 0 radical (unpaired) electrons. The number of pyridine rings is 2. The Hall–Kier alpha value is -3.81. The zero-order valence-corrected chi connectivity index (χ0v) is 18.0. The summed E-state index contributed by atoms with van der Waals surface area (Å²) in [5.74, 6) is 1.22. The fourth-order valence-corrected chi connectivity index (χ4v) is 3.32. The summed E-state index contributed by atoms with van der Waals surface area (Å²) in [5.41, 5.74) is 4.44. The molecule has 0 spiro atoms. The summed E-state index contributed by atoms with van der Waals surface area (Å²) in [7, 11) is 0. The van der Waals surface area contributed by atoms with Crippen molar-refractivity contribution < 1.29 is 18.3 Å². The molecule has 3 aromatic heterocycles. The Balaban J connectivity index is 1.47. The number of hydrogen-bond acceptors (Lipinski definition) is 5. The Morgan fingerprint density at radius 1 is 0.818 bits per heavy atom. The van der Waals surface area contributed by atoms with Gasteiger partial charge in [0.05, 0.1) is 18.6 Å². The molecule has 0 atom stereocenters. The second-order valence-corrected chi connectivity index (χ2v) is 7.27. The smallest absolute Gasteiger partial charge is 0.137 e. The Morgan fingerprint density at radius 3 is 2.30 bits per heavy atom. The number of ether oxygens (including phenoxy) is 2. The van der Waals surface area contributed by atoms with Crippen LogP contribution in [-0.2, 0) is 13.2 Å². The van der Waals surface area contributed by atoms with E-state index in [-0.39, 0.29) is 13.3 Å². The van der Waals surface area contributed by atoms with Crippen LogP contribution < -0.4 is 9.47 Å². The molecule has 0 amide bonds. The molecule has 4 rings (SSSR count). The Morgan fingerprint density at radius 2 is 1.61 bits per heavy atom. The van der Waals surface area contributed by atoms with Crippen LogP contribution >= 0.6 is 0 Å².